The largest absolute Gasteiger partial charge is 0.507 e. The number of cyclic esters (lactones) is 1. The zero-order chi connectivity index (χ0) is 19.6. The first-order chi connectivity index (χ1) is 13.0. The summed E-state index contributed by atoms with van der Waals surface area (Å²) in [6.07, 6.45) is 3.32. The lowest BCUT2D eigenvalue weighted by molar-refractivity contribution is -0.142. The molecule has 27 heavy (non-hydrogen) atoms. The maximum atomic E-state index is 12.0. The average Bonchev–Trinajstić information content (AvgIpc) is 3.06. The van der Waals surface area contributed by atoms with Crippen LogP contribution in [0.15, 0.2) is 11.6 Å². The lowest BCUT2D eigenvalue weighted by Crippen LogP contribution is -2.23. The SMILES string of the molecule is COC(=O)CC1COCC/C1=C\Cc1c(O)c2c(c(C)c1OC)COC2=O. The lowest BCUT2D eigenvalue weighted by atomic mass is 9.89. The van der Waals surface area contributed by atoms with E-state index < -0.39 is 5.97 Å². The molecule has 1 saturated heterocycles. The number of esters is 2. The Balaban J connectivity index is 1.94. The number of hydrogen-bond donors (Lipinski definition) is 1. The fraction of sp³-hybridized carbons (Fsp3) is 0.500. The number of phenols is 1. The number of rotatable bonds is 5. The van der Waals surface area contributed by atoms with Crippen LogP contribution in [-0.4, -0.2) is 44.5 Å². The Bertz CT molecular complexity index is 794. The number of aromatic hydroxyl groups is 1. The first-order valence-electron chi connectivity index (χ1n) is 8.89. The van der Waals surface area contributed by atoms with Crippen LogP contribution in [0.2, 0.25) is 0 Å². The summed E-state index contributed by atoms with van der Waals surface area (Å²) in [5.74, 6) is -0.397. The third-order valence-electron chi connectivity index (χ3n) is 5.24. The number of hydrogen-bond acceptors (Lipinski definition) is 7. The summed E-state index contributed by atoms with van der Waals surface area (Å²) in [6, 6.07) is 0. The Hall–Kier alpha value is -2.54. The molecule has 0 saturated carbocycles. The molecule has 0 amide bonds. The first kappa shape index (κ1) is 19.2. The highest BCUT2D eigenvalue weighted by molar-refractivity contribution is 5.98. The molecule has 0 radical (unpaired) electrons. The minimum absolute atomic E-state index is 0.0557. The molecule has 2 aliphatic rings. The number of fused-ring (bicyclic) bond motifs is 1. The molecule has 1 aromatic rings. The zero-order valence-corrected chi connectivity index (χ0v) is 15.8. The van der Waals surface area contributed by atoms with Crippen molar-refractivity contribution >= 4 is 11.9 Å². The van der Waals surface area contributed by atoms with Crippen LogP contribution in [0.4, 0.5) is 0 Å². The van der Waals surface area contributed by atoms with Crippen molar-refractivity contribution in [1.29, 1.82) is 0 Å². The molecule has 7 heteroatoms. The van der Waals surface area contributed by atoms with Gasteiger partial charge in [-0.1, -0.05) is 11.6 Å². The van der Waals surface area contributed by atoms with E-state index >= 15 is 0 Å². The van der Waals surface area contributed by atoms with Crippen molar-refractivity contribution in [1.82, 2.24) is 0 Å². The van der Waals surface area contributed by atoms with E-state index in [9.17, 15) is 14.7 Å². The van der Waals surface area contributed by atoms with Crippen molar-refractivity contribution < 1.29 is 33.6 Å². The normalized spacial score (nSPS) is 20.3. The van der Waals surface area contributed by atoms with E-state index in [2.05, 4.69) is 0 Å². The molecule has 2 heterocycles. The molecular formula is C20H24O7. The van der Waals surface area contributed by atoms with E-state index in [-0.39, 0.29) is 36.2 Å². The van der Waals surface area contributed by atoms with Gasteiger partial charge in [0.25, 0.3) is 0 Å². The van der Waals surface area contributed by atoms with Gasteiger partial charge in [0.15, 0.2) is 0 Å². The van der Waals surface area contributed by atoms with Gasteiger partial charge in [-0.25, -0.2) is 4.79 Å². The highest BCUT2D eigenvalue weighted by Crippen LogP contribution is 2.42. The number of ether oxygens (including phenoxy) is 4. The Morgan fingerprint density at radius 2 is 2.15 bits per heavy atom. The third-order valence-corrected chi connectivity index (χ3v) is 5.24. The van der Waals surface area contributed by atoms with Gasteiger partial charge in [-0.05, 0) is 25.3 Å². The van der Waals surface area contributed by atoms with E-state index in [4.69, 9.17) is 18.9 Å². The van der Waals surface area contributed by atoms with E-state index in [0.29, 0.717) is 42.9 Å². The van der Waals surface area contributed by atoms with Gasteiger partial charge in [0.2, 0.25) is 0 Å². The van der Waals surface area contributed by atoms with Crippen LogP contribution in [0.3, 0.4) is 0 Å². The highest BCUT2D eigenvalue weighted by atomic mass is 16.5. The maximum absolute atomic E-state index is 12.0. The smallest absolute Gasteiger partial charge is 0.342 e. The second-order valence-corrected chi connectivity index (χ2v) is 6.70. The van der Waals surface area contributed by atoms with Gasteiger partial charge >= 0.3 is 11.9 Å². The first-order valence-corrected chi connectivity index (χ1v) is 8.89. The van der Waals surface area contributed by atoms with Crippen molar-refractivity contribution in [2.75, 3.05) is 27.4 Å². The predicted octanol–water partition coefficient (Wildman–Crippen LogP) is 2.45. The molecule has 0 bridgehead atoms. The van der Waals surface area contributed by atoms with Crippen LogP contribution in [0, 0.1) is 12.8 Å². The van der Waals surface area contributed by atoms with Crippen LogP contribution >= 0.6 is 0 Å². The van der Waals surface area contributed by atoms with E-state index in [1.807, 2.05) is 13.0 Å². The maximum Gasteiger partial charge on any atom is 0.342 e. The van der Waals surface area contributed by atoms with Gasteiger partial charge in [-0.15, -0.1) is 0 Å². The number of carbonyl (C=O) groups is 2. The van der Waals surface area contributed by atoms with Crippen molar-refractivity contribution in [3.63, 3.8) is 0 Å². The van der Waals surface area contributed by atoms with Crippen molar-refractivity contribution in [2.24, 2.45) is 5.92 Å². The minimum Gasteiger partial charge on any atom is -0.507 e. The number of benzene rings is 1. The summed E-state index contributed by atoms with van der Waals surface area (Å²) in [6.45, 7) is 3.04. The van der Waals surface area contributed by atoms with E-state index in [0.717, 1.165) is 11.1 Å². The summed E-state index contributed by atoms with van der Waals surface area (Å²) in [5.41, 5.74) is 3.31. The molecule has 0 aromatic heterocycles. The van der Waals surface area contributed by atoms with Gasteiger partial charge in [0.1, 0.15) is 23.7 Å². The van der Waals surface area contributed by atoms with Gasteiger partial charge in [0, 0.05) is 17.0 Å². The van der Waals surface area contributed by atoms with Gasteiger partial charge in [-0.3, -0.25) is 4.79 Å². The molecule has 1 unspecified atom stereocenters. The Morgan fingerprint density at radius 3 is 2.85 bits per heavy atom. The number of phenolic OH excluding ortho intramolecular Hbond substituents is 1. The molecule has 3 rings (SSSR count). The van der Waals surface area contributed by atoms with Gasteiger partial charge in [0.05, 0.1) is 33.9 Å². The summed E-state index contributed by atoms with van der Waals surface area (Å²) in [7, 11) is 2.90. The van der Waals surface area contributed by atoms with Gasteiger partial charge in [-0.2, -0.15) is 0 Å². The molecule has 7 nitrogen and oxygen atoms in total. The van der Waals surface area contributed by atoms with E-state index in [1.54, 1.807) is 0 Å². The molecule has 1 N–H and O–H groups in total. The molecule has 0 spiro atoms. The second kappa shape index (κ2) is 8.00. The van der Waals surface area contributed by atoms with E-state index in [1.165, 1.54) is 14.2 Å². The third kappa shape index (κ3) is 3.64. The fourth-order valence-corrected chi connectivity index (χ4v) is 3.73. The Kier molecular flexibility index (Phi) is 5.70. The summed E-state index contributed by atoms with van der Waals surface area (Å²) >= 11 is 0. The van der Waals surface area contributed by atoms with Crippen LogP contribution in [-0.2, 0) is 32.0 Å². The highest BCUT2D eigenvalue weighted by Gasteiger charge is 2.32. The van der Waals surface area contributed by atoms with Crippen LogP contribution in [0.1, 0.15) is 39.9 Å². The minimum atomic E-state index is -0.517. The molecule has 146 valence electrons. The van der Waals surface area contributed by atoms with Crippen LogP contribution in [0.5, 0.6) is 11.5 Å². The zero-order valence-electron chi connectivity index (χ0n) is 15.8. The number of allylic oxidation sites excluding steroid dienone is 1. The van der Waals surface area contributed by atoms with Crippen molar-refractivity contribution in [3.05, 3.63) is 33.9 Å². The lowest BCUT2D eigenvalue weighted by Gasteiger charge is -2.25. The summed E-state index contributed by atoms with van der Waals surface area (Å²) < 4.78 is 20.8. The standard InChI is InChI=1S/C20H24O7/c1-11-15-10-27-20(23)17(15)18(22)14(19(11)25-3)5-4-12-6-7-26-9-13(12)8-16(21)24-2/h4,13,22H,5-10H2,1-3H3/b12-4+. The average molecular weight is 376 g/mol. The molecular weight excluding hydrogens is 352 g/mol. The monoisotopic (exact) mass is 376 g/mol. The topological polar surface area (TPSA) is 91.3 Å². The second-order valence-electron chi connectivity index (χ2n) is 6.70. The number of methoxy groups -OCH3 is 2. The fourth-order valence-electron chi connectivity index (χ4n) is 3.73. The van der Waals surface area contributed by atoms with Gasteiger partial charge < -0.3 is 24.1 Å². The Labute approximate surface area is 157 Å². The molecule has 1 aromatic carbocycles. The molecule has 1 fully saturated rings. The number of carbonyl (C=O) groups excluding carboxylic acids is 2. The van der Waals surface area contributed by atoms with Crippen LogP contribution < -0.4 is 4.74 Å². The summed E-state index contributed by atoms with van der Waals surface area (Å²) in [5, 5.41) is 10.7. The molecule has 2 aliphatic heterocycles. The summed E-state index contributed by atoms with van der Waals surface area (Å²) in [4.78, 5) is 23.6. The molecule has 0 aliphatic carbocycles. The van der Waals surface area contributed by atoms with Crippen molar-refractivity contribution in [2.45, 2.75) is 32.8 Å². The Morgan fingerprint density at radius 1 is 1.37 bits per heavy atom. The quantitative estimate of drug-likeness (QED) is 0.623. The predicted molar refractivity (Wildman–Crippen MR) is 95.9 cm³/mol. The molecule has 1 atom stereocenters. The van der Waals surface area contributed by atoms with Crippen LogP contribution in [0.25, 0.3) is 0 Å². The van der Waals surface area contributed by atoms with Crippen molar-refractivity contribution in [3.8, 4) is 11.5 Å².